The lowest BCUT2D eigenvalue weighted by Gasteiger charge is -2.04. The van der Waals surface area contributed by atoms with Crippen LogP contribution in [0.2, 0.25) is 0 Å². The summed E-state index contributed by atoms with van der Waals surface area (Å²) in [6.45, 7) is 1.91. The number of hydrogen-bond acceptors (Lipinski definition) is 4. The van der Waals surface area contributed by atoms with Gasteiger partial charge in [-0.3, -0.25) is 4.79 Å². The number of thiazole rings is 1. The number of aromatic amines is 1. The second kappa shape index (κ2) is 5.96. The van der Waals surface area contributed by atoms with Crippen molar-refractivity contribution >= 4 is 38.2 Å². The summed E-state index contributed by atoms with van der Waals surface area (Å²) in [4.78, 5) is 24.4. The molecule has 4 rings (SSSR count). The number of H-pyrrole nitrogens is 1. The number of hydrogen-bond donors (Lipinski definition) is 1. The van der Waals surface area contributed by atoms with Crippen molar-refractivity contribution in [1.29, 1.82) is 0 Å². The standard InChI is InChI=1S/C18H12BrN3OS/c1-10-15(19)24-18(20-10)16-21-14-8-7-12(9-13(14)17(23)22-16)11-5-3-2-4-6-11/h2-9H,1H3,(H,21,22,23). The lowest BCUT2D eigenvalue weighted by molar-refractivity contribution is 1.15. The van der Waals surface area contributed by atoms with Crippen LogP contribution in [0.3, 0.4) is 0 Å². The van der Waals surface area contributed by atoms with E-state index in [1.807, 2.05) is 55.5 Å². The Kier molecular flexibility index (Phi) is 3.78. The Balaban J connectivity index is 1.87. The number of benzene rings is 2. The molecule has 0 radical (unpaired) electrons. The Morgan fingerprint density at radius 3 is 2.54 bits per heavy atom. The molecule has 0 amide bonds. The average molecular weight is 398 g/mol. The minimum atomic E-state index is -0.156. The van der Waals surface area contributed by atoms with Gasteiger partial charge in [0.1, 0.15) is 0 Å². The van der Waals surface area contributed by atoms with Gasteiger partial charge in [-0.1, -0.05) is 36.4 Å². The molecule has 0 spiro atoms. The summed E-state index contributed by atoms with van der Waals surface area (Å²) in [5.74, 6) is 0.499. The van der Waals surface area contributed by atoms with Crippen LogP contribution >= 0.6 is 27.3 Å². The van der Waals surface area contributed by atoms with E-state index in [0.29, 0.717) is 21.7 Å². The zero-order valence-electron chi connectivity index (χ0n) is 12.7. The summed E-state index contributed by atoms with van der Waals surface area (Å²) in [5, 5.41) is 1.28. The molecule has 2 aromatic heterocycles. The Hall–Kier alpha value is -2.31. The lowest BCUT2D eigenvalue weighted by Crippen LogP contribution is -2.09. The molecule has 0 atom stereocenters. The topological polar surface area (TPSA) is 58.6 Å². The molecule has 2 heterocycles. The van der Waals surface area contributed by atoms with Gasteiger partial charge in [0.05, 0.1) is 20.4 Å². The highest BCUT2D eigenvalue weighted by atomic mass is 79.9. The predicted octanol–water partition coefficient (Wildman–Crippen LogP) is 4.78. The van der Waals surface area contributed by atoms with E-state index in [1.54, 1.807) is 0 Å². The third-order valence-electron chi connectivity index (χ3n) is 3.76. The van der Waals surface area contributed by atoms with Crippen LogP contribution in [0.25, 0.3) is 32.9 Å². The highest BCUT2D eigenvalue weighted by molar-refractivity contribution is 9.11. The molecule has 0 aliphatic rings. The molecular weight excluding hydrogens is 386 g/mol. The largest absolute Gasteiger partial charge is 0.304 e. The second-order valence-electron chi connectivity index (χ2n) is 5.39. The van der Waals surface area contributed by atoms with Gasteiger partial charge < -0.3 is 4.98 Å². The number of nitrogens with one attached hydrogen (secondary N) is 1. The van der Waals surface area contributed by atoms with Gasteiger partial charge in [-0.2, -0.15) is 0 Å². The number of rotatable bonds is 2. The van der Waals surface area contributed by atoms with E-state index in [9.17, 15) is 4.79 Å². The summed E-state index contributed by atoms with van der Waals surface area (Å²) in [6.07, 6.45) is 0. The normalized spacial score (nSPS) is 11.1. The molecule has 6 heteroatoms. The van der Waals surface area contributed by atoms with Crippen LogP contribution in [0.1, 0.15) is 5.69 Å². The first kappa shape index (κ1) is 15.2. The van der Waals surface area contributed by atoms with E-state index in [-0.39, 0.29) is 5.56 Å². The van der Waals surface area contributed by atoms with Crippen molar-refractivity contribution in [1.82, 2.24) is 15.0 Å². The first-order chi connectivity index (χ1) is 11.6. The Bertz CT molecular complexity index is 1080. The van der Waals surface area contributed by atoms with Gasteiger partial charge >= 0.3 is 0 Å². The van der Waals surface area contributed by atoms with Gasteiger partial charge in [0.25, 0.3) is 5.56 Å². The van der Waals surface area contributed by atoms with E-state index in [2.05, 4.69) is 30.9 Å². The Morgan fingerprint density at radius 1 is 1.04 bits per heavy atom. The maximum atomic E-state index is 12.5. The molecule has 0 bridgehead atoms. The fraction of sp³-hybridized carbons (Fsp3) is 0.0556. The average Bonchev–Trinajstić information content (AvgIpc) is 2.94. The molecular formula is C18H12BrN3OS. The van der Waals surface area contributed by atoms with E-state index in [4.69, 9.17) is 0 Å². The van der Waals surface area contributed by atoms with Crippen LogP contribution in [0.5, 0.6) is 0 Å². The zero-order chi connectivity index (χ0) is 16.7. The van der Waals surface area contributed by atoms with Crippen LogP contribution in [-0.2, 0) is 0 Å². The van der Waals surface area contributed by atoms with Crippen molar-refractivity contribution in [3.05, 3.63) is 68.4 Å². The van der Waals surface area contributed by atoms with E-state index in [0.717, 1.165) is 20.6 Å². The minimum absolute atomic E-state index is 0.156. The highest BCUT2D eigenvalue weighted by Crippen LogP contribution is 2.30. The first-order valence-electron chi connectivity index (χ1n) is 7.34. The zero-order valence-corrected chi connectivity index (χ0v) is 15.1. The monoisotopic (exact) mass is 397 g/mol. The fourth-order valence-electron chi connectivity index (χ4n) is 2.53. The summed E-state index contributed by atoms with van der Waals surface area (Å²) in [5.41, 5.74) is 3.46. The van der Waals surface area contributed by atoms with Gasteiger partial charge in [-0.25, -0.2) is 9.97 Å². The number of halogens is 1. The summed E-state index contributed by atoms with van der Waals surface area (Å²) < 4.78 is 0.944. The third kappa shape index (κ3) is 2.68. The summed E-state index contributed by atoms with van der Waals surface area (Å²) in [6, 6.07) is 15.7. The number of aryl methyl sites for hydroxylation is 1. The van der Waals surface area contributed by atoms with Gasteiger partial charge in [-0.15, -0.1) is 11.3 Å². The van der Waals surface area contributed by atoms with Crippen molar-refractivity contribution in [3.8, 4) is 22.0 Å². The highest BCUT2D eigenvalue weighted by Gasteiger charge is 2.12. The van der Waals surface area contributed by atoms with Crippen LogP contribution < -0.4 is 5.56 Å². The lowest BCUT2D eigenvalue weighted by atomic mass is 10.0. The van der Waals surface area contributed by atoms with E-state index < -0.39 is 0 Å². The van der Waals surface area contributed by atoms with Gasteiger partial charge in [0.15, 0.2) is 10.8 Å². The first-order valence-corrected chi connectivity index (χ1v) is 8.95. The summed E-state index contributed by atoms with van der Waals surface area (Å²) in [7, 11) is 0. The molecule has 2 aromatic carbocycles. The molecule has 0 aliphatic heterocycles. The second-order valence-corrected chi connectivity index (χ2v) is 7.71. The van der Waals surface area contributed by atoms with Crippen molar-refractivity contribution in [3.63, 3.8) is 0 Å². The molecule has 4 aromatic rings. The maximum Gasteiger partial charge on any atom is 0.259 e. The molecule has 4 nitrogen and oxygen atoms in total. The van der Waals surface area contributed by atoms with Crippen LogP contribution in [-0.4, -0.2) is 15.0 Å². The maximum absolute atomic E-state index is 12.5. The fourth-order valence-corrected chi connectivity index (χ4v) is 3.82. The van der Waals surface area contributed by atoms with Crippen molar-refractivity contribution in [2.75, 3.05) is 0 Å². The number of fused-ring (bicyclic) bond motifs is 1. The Morgan fingerprint density at radius 2 is 1.83 bits per heavy atom. The van der Waals surface area contributed by atoms with Crippen LogP contribution in [0, 0.1) is 6.92 Å². The quantitative estimate of drug-likeness (QED) is 0.529. The molecule has 24 heavy (non-hydrogen) atoms. The minimum Gasteiger partial charge on any atom is -0.304 e. The van der Waals surface area contributed by atoms with E-state index >= 15 is 0 Å². The van der Waals surface area contributed by atoms with Crippen molar-refractivity contribution in [2.24, 2.45) is 0 Å². The summed E-state index contributed by atoms with van der Waals surface area (Å²) >= 11 is 4.91. The predicted molar refractivity (Wildman–Crippen MR) is 101 cm³/mol. The van der Waals surface area contributed by atoms with Gasteiger partial charge in [-0.05, 0) is 46.1 Å². The molecule has 118 valence electrons. The SMILES string of the molecule is Cc1nc(-c2nc3ccc(-c4ccccc4)cc3c(=O)[nH]2)sc1Br. The van der Waals surface area contributed by atoms with E-state index in [1.165, 1.54) is 11.3 Å². The number of aromatic nitrogens is 3. The van der Waals surface area contributed by atoms with Crippen LogP contribution in [0.4, 0.5) is 0 Å². The third-order valence-corrected chi connectivity index (χ3v) is 5.77. The number of nitrogens with zero attached hydrogens (tertiary/aromatic N) is 2. The van der Waals surface area contributed by atoms with Crippen molar-refractivity contribution < 1.29 is 0 Å². The van der Waals surface area contributed by atoms with Crippen molar-refractivity contribution in [2.45, 2.75) is 6.92 Å². The molecule has 0 unspecified atom stereocenters. The van der Waals surface area contributed by atoms with Gasteiger partial charge in [0, 0.05) is 0 Å². The molecule has 0 saturated carbocycles. The smallest absolute Gasteiger partial charge is 0.259 e. The molecule has 0 saturated heterocycles. The van der Waals surface area contributed by atoms with Crippen LogP contribution in [0.15, 0.2) is 57.1 Å². The Labute approximate surface area is 150 Å². The van der Waals surface area contributed by atoms with Gasteiger partial charge in [0.2, 0.25) is 0 Å². The molecule has 0 fully saturated rings. The molecule has 1 N–H and O–H groups in total. The molecule has 0 aliphatic carbocycles.